The number of amides is 1. The van der Waals surface area contributed by atoms with Crippen molar-refractivity contribution in [3.63, 3.8) is 0 Å². The monoisotopic (exact) mass is 321 g/mol. The van der Waals surface area contributed by atoms with Gasteiger partial charge in [0.15, 0.2) is 0 Å². The summed E-state index contributed by atoms with van der Waals surface area (Å²) in [6, 6.07) is 9.61. The molecule has 0 spiro atoms. The van der Waals surface area contributed by atoms with Crippen LogP contribution in [0.25, 0.3) is 0 Å². The first-order valence-corrected chi connectivity index (χ1v) is 6.90. The van der Waals surface area contributed by atoms with Gasteiger partial charge in [0.25, 0.3) is 5.91 Å². The van der Waals surface area contributed by atoms with Crippen LogP contribution < -0.4 is 5.32 Å². The van der Waals surface area contributed by atoms with E-state index in [0.717, 1.165) is 15.8 Å². The fourth-order valence-electron chi connectivity index (χ4n) is 1.99. The quantitative estimate of drug-likeness (QED) is 0.922. The summed E-state index contributed by atoms with van der Waals surface area (Å²) in [4.78, 5) is 12.2. The highest BCUT2D eigenvalue weighted by molar-refractivity contribution is 9.10. The zero-order valence-electron chi connectivity index (χ0n) is 11.2. The summed E-state index contributed by atoms with van der Waals surface area (Å²) in [5, 5.41) is 2.97. The van der Waals surface area contributed by atoms with Crippen molar-refractivity contribution in [1.82, 2.24) is 5.32 Å². The highest BCUT2D eigenvalue weighted by atomic mass is 79.9. The SMILES string of the molecule is Cc1cc(C(=O)NC(C)c2cccc(Br)c2)c(C)o1. The van der Waals surface area contributed by atoms with Crippen molar-refractivity contribution in [2.75, 3.05) is 0 Å². The van der Waals surface area contributed by atoms with E-state index in [1.54, 1.807) is 13.0 Å². The molecule has 4 heteroatoms. The van der Waals surface area contributed by atoms with E-state index in [1.807, 2.05) is 38.1 Å². The first-order chi connectivity index (χ1) is 8.97. The van der Waals surface area contributed by atoms with Crippen molar-refractivity contribution in [3.05, 3.63) is 57.5 Å². The van der Waals surface area contributed by atoms with E-state index in [4.69, 9.17) is 4.42 Å². The molecule has 1 amide bonds. The maximum Gasteiger partial charge on any atom is 0.255 e. The average molecular weight is 322 g/mol. The number of benzene rings is 1. The molecule has 0 radical (unpaired) electrons. The van der Waals surface area contributed by atoms with Gasteiger partial charge in [-0.2, -0.15) is 0 Å². The highest BCUT2D eigenvalue weighted by Gasteiger charge is 2.16. The number of nitrogens with one attached hydrogen (secondary N) is 1. The molecule has 1 heterocycles. The molecule has 0 saturated carbocycles. The molecule has 1 unspecified atom stereocenters. The van der Waals surface area contributed by atoms with Crippen LogP contribution in [0, 0.1) is 13.8 Å². The summed E-state index contributed by atoms with van der Waals surface area (Å²) in [6.07, 6.45) is 0. The van der Waals surface area contributed by atoms with Gasteiger partial charge >= 0.3 is 0 Å². The van der Waals surface area contributed by atoms with Crippen LogP contribution in [-0.4, -0.2) is 5.91 Å². The third kappa shape index (κ3) is 3.26. The predicted octanol–water partition coefficient (Wildman–Crippen LogP) is 4.15. The van der Waals surface area contributed by atoms with Gasteiger partial charge in [0.2, 0.25) is 0 Å². The molecule has 100 valence electrons. The fraction of sp³-hybridized carbons (Fsp3) is 0.267. The third-order valence-electron chi connectivity index (χ3n) is 2.98. The summed E-state index contributed by atoms with van der Waals surface area (Å²) in [7, 11) is 0. The smallest absolute Gasteiger partial charge is 0.255 e. The molecule has 0 aliphatic heterocycles. The second kappa shape index (κ2) is 5.61. The Morgan fingerprint density at radius 1 is 1.32 bits per heavy atom. The minimum Gasteiger partial charge on any atom is -0.466 e. The van der Waals surface area contributed by atoms with Crippen LogP contribution in [0.15, 0.2) is 39.2 Å². The lowest BCUT2D eigenvalue weighted by molar-refractivity contribution is 0.0938. The molecule has 3 nitrogen and oxygen atoms in total. The van der Waals surface area contributed by atoms with Crippen molar-refractivity contribution >= 4 is 21.8 Å². The van der Waals surface area contributed by atoms with Gasteiger partial charge in [-0.05, 0) is 44.5 Å². The van der Waals surface area contributed by atoms with Gasteiger partial charge in [-0.25, -0.2) is 0 Å². The first kappa shape index (κ1) is 13.9. The van der Waals surface area contributed by atoms with E-state index in [-0.39, 0.29) is 11.9 Å². The number of hydrogen-bond donors (Lipinski definition) is 1. The summed E-state index contributed by atoms with van der Waals surface area (Å²) in [6.45, 7) is 5.59. The minimum atomic E-state index is -0.109. The highest BCUT2D eigenvalue weighted by Crippen LogP contribution is 2.19. The number of rotatable bonds is 3. The zero-order valence-corrected chi connectivity index (χ0v) is 12.7. The van der Waals surface area contributed by atoms with E-state index in [0.29, 0.717) is 11.3 Å². The molecule has 0 bridgehead atoms. The zero-order chi connectivity index (χ0) is 14.0. The van der Waals surface area contributed by atoms with Crippen LogP contribution in [-0.2, 0) is 0 Å². The molecule has 0 saturated heterocycles. The standard InChI is InChI=1S/C15H16BrNO2/c1-9-7-14(11(3)19-9)15(18)17-10(2)12-5-4-6-13(16)8-12/h4-8,10H,1-3H3,(H,17,18). The molecule has 2 aromatic rings. The van der Waals surface area contributed by atoms with Crippen LogP contribution in [0.2, 0.25) is 0 Å². The Bertz CT molecular complexity index is 604. The Hall–Kier alpha value is -1.55. The third-order valence-corrected chi connectivity index (χ3v) is 3.48. The lowest BCUT2D eigenvalue weighted by Gasteiger charge is -2.14. The first-order valence-electron chi connectivity index (χ1n) is 6.10. The average Bonchev–Trinajstić information content (AvgIpc) is 2.68. The fourth-order valence-corrected chi connectivity index (χ4v) is 2.41. The molecule has 19 heavy (non-hydrogen) atoms. The van der Waals surface area contributed by atoms with Crippen molar-refractivity contribution < 1.29 is 9.21 Å². The van der Waals surface area contributed by atoms with Crippen LogP contribution in [0.4, 0.5) is 0 Å². The Morgan fingerprint density at radius 3 is 2.63 bits per heavy atom. The van der Waals surface area contributed by atoms with Gasteiger partial charge < -0.3 is 9.73 Å². The Kier molecular flexibility index (Phi) is 4.10. The largest absolute Gasteiger partial charge is 0.466 e. The minimum absolute atomic E-state index is 0.0559. The van der Waals surface area contributed by atoms with Gasteiger partial charge in [-0.3, -0.25) is 4.79 Å². The number of halogens is 1. The number of carbonyl (C=O) groups excluding carboxylic acids is 1. The number of carbonyl (C=O) groups is 1. The van der Waals surface area contributed by atoms with Crippen molar-refractivity contribution in [2.45, 2.75) is 26.8 Å². The molecule has 1 atom stereocenters. The van der Waals surface area contributed by atoms with Gasteiger partial charge in [-0.15, -0.1) is 0 Å². The summed E-state index contributed by atoms with van der Waals surface area (Å²) in [5.41, 5.74) is 1.65. The molecule has 0 aliphatic carbocycles. The molecule has 1 aromatic carbocycles. The van der Waals surface area contributed by atoms with Crippen molar-refractivity contribution in [3.8, 4) is 0 Å². The normalized spacial score (nSPS) is 12.2. The Balaban J connectivity index is 2.13. The molecular formula is C15H16BrNO2. The second-order valence-electron chi connectivity index (χ2n) is 4.58. The van der Waals surface area contributed by atoms with Gasteiger partial charge in [-0.1, -0.05) is 28.1 Å². The number of furan rings is 1. The summed E-state index contributed by atoms with van der Waals surface area (Å²) >= 11 is 3.43. The lowest BCUT2D eigenvalue weighted by Crippen LogP contribution is -2.26. The molecule has 1 N–H and O–H groups in total. The molecule has 2 rings (SSSR count). The van der Waals surface area contributed by atoms with E-state index < -0.39 is 0 Å². The Morgan fingerprint density at radius 2 is 2.05 bits per heavy atom. The second-order valence-corrected chi connectivity index (χ2v) is 5.49. The van der Waals surface area contributed by atoms with E-state index in [9.17, 15) is 4.79 Å². The summed E-state index contributed by atoms with van der Waals surface area (Å²) < 4.78 is 6.38. The van der Waals surface area contributed by atoms with Crippen LogP contribution >= 0.6 is 15.9 Å². The van der Waals surface area contributed by atoms with E-state index >= 15 is 0 Å². The van der Waals surface area contributed by atoms with Gasteiger partial charge in [0.05, 0.1) is 11.6 Å². The molecule has 0 aliphatic rings. The Labute approximate surface area is 121 Å². The van der Waals surface area contributed by atoms with Crippen LogP contribution in [0.5, 0.6) is 0 Å². The van der Waals surface area contributed by atoms with Crippen molar-refractivity contribution in [2.24, 2.45) is 0 Å². The summed E-state index contributed by atoms with van der Waals surface area (Å²) in [5.74, 6) is 1.29. The molecule has 0 fully saturated rings. The predicted molar refractivity (Wildman–Crippen MR) is 78.2 cm³/mol. The van der Waals surface area contributed by atoms with E-state index in [2.05, 4.69) is 21.2 Å². The lowest BCUT2D eigenvalue weighted by atomic mass is 10.1. The van der Waals surface area contributed by atoms with Crippen LogP contribution in [0.3, 0.4) is 0 Å². The van der Waals surface area contributed by atoms with Crippen LogP contribution in [0.1, 0.15) is 40.4 Å². The van der Waals surface area contributed by atoms with E-state index in [1.165, 1.54) is 0 Å². The van der Waals surface area contributed by atoms with Gasteiger partial charge in [0, 0.05) is 4.47 Å². The molecular weight excluding hydrogens is 306 g/mol. The molecule has 1 aromatic heterocycles. The van der Waals surface area contributed by atoms with Crippen molar-refractivity contribution in [1.29, 1.82) is 0 Å². The number of hydrogen-bond acceptors (Lipinski definition) is 2. The number of aryl methyl sites for hydroxylation is 2. The van der Waals surface area contributed by atoms with Gasteiger partial charge in [0.1, 0.15) is 11.5 Å². The maximum atomic E-state index is 12.2. The topological polar surface area (TPSA) is 42.2 Å². The maximum absolute atomic E-state index is 12.2.